The van der Waals surface area contributed by atoms with Crippen molar-refractivity contribution in [2.45, 2.75) is 12.5 Å². The van der Waals surface area contributed by atoms with Gasteiger partial charge in [-0.25, -0.2) is 4.39 Å². The Bertz CT molecular complexity index is 634. The van der Waals surface area contributed by atoms with Crippen molar-refractivity contribution < 1.29 is 18.7 Å². The predicted octanol–water partition coefficient (Wildman–Crippen LogP) is 3.33. The normalized spacial score (nSPS) is 12.1. The third-order valence-corrected chi connectivity index (χ3v) is 3.35. The van der Waals surface area contributed by atoms with Crippen LogP contribution in [0, 0.1) is 5.82 Å². The molecule has 0 saturated heterocycles. The molecule has 1 heterocycles. The molecule has 0 aliphatic carbocycles. The van der Waals surface area contributed by atoms with E-state index in [9.17, 15) is 9.18 Å². The SMILES string of the molecule is COCOC(C=O)c1ccc(Cc2cccc(Cl)c2F)cn1. The topological polar surface area (TPSA) is 48.4 Å². The Morgan fingerprint density at radius 3 is 2.82 bits per heavy atom. The van der Waals surface area contributed by atoms with Crippen LogP contribution in [0.5, 0.6) is 0 Å². The first-order chi connectivity index (χ1) is 10.7. The summed E-state index contributed by atoms with van der Waals surface area (Å²) in [6.07, 6.45) is 1.82. The van der Waals surface area contributed by atoms with Crippen LogP contribution < -0.4 is 0 Å². The lowest BCUT2D eigenvalue weighted by Gasteiger charge is -2.11. The molecule has 4 nitrogen and oxygen atoms in total. The number of carbonyl (C=O) groups excluding carboxylic acids is 1. The van der Waals surface area contributed by atoms with Crippen molar-refractivity contribution in [1.29, 1.82) is 0 Å². The molecule has 1 aromatic carbocycles. The molecule has 0 aliphatic heterocycles. The van der Waals surface area contributed by atoms with E-state index in [0.29, 0.717) is 24.0 Å². The zero-order valence-corrected chi connectivity index (χ0v) is 12.7. The Labute approximate surface area is 132 Å². The fourth-order valence-corrected chi connectivity index (χ4v) is 2.14. The number of nitrogens with zero attached hydrogens (tertiary/aromatic N) is 1. The van der Waals surface area contributed by atoms with Crippen molar-refractivity contribution in [2.24, 2.45) is 0 Å². The van der Waals surface area contributed by atoms with Crippen LogP contribution in [-0.2, 0) is 20.7 Å². The molecule has 6 heteroatoms. The smallest absolute Gasteiger partial charge is 0.157 e. The average molecular weight is 324 g/mol. The van der Waals surface area contributed by atoms with E-state index < -0.39 is 11.9 Å². The van der Waals surface area contributed by atoms with Crippen LogP contribution in [0.4, 0.5) is 4.39 Å². The van der Waals surface area contributed by atoms with E-state index in [2.05, 4.69) is 4.98 Å². The molecule has 116 valence electrons. The molecular weight excluding hydrogens is 309 g/mol. The van der Waals surface area contributed by atoms with Crippen molar-refractivity contribution in [2.75, 3.05) is 13.9 Å². The summed E-state index contributed by atoms with van der Waals surface area (Å²) in [4.78, 5) is 15.2. The second-order valence-electron chi connectivity index (χ2n) is 4.61. The van der Waals surface area contributed by atoms with Crippen LogP contribution in [-0.4, -0.2) is 25.2 Å². The van der Waals surface area contributed by atoms with Gasteiger partial charge in [0.15, 0.2) is 12.4 Å². The zero-order chi connectivity index (χ0) is 15.9. The lowest BCUT2D eigenvalue weighted by Crippen LogP contribution is -2.10. The van der Waals surface area contributed by atoms with Gasteiger partial charge in [-0.3, -0.25) is 9.78 Å². The predicted molar refractivity (Wildman–Crippen MR) is 80.2 cm³/mol. The largest absolute Gasteiger partial charge is 0.359 e. The van der Waals surface area contributed by atoms with Crippen LogP contribution in [0.1, 0.15) is 22.9 Å². The number of hydrogen-bond acceptors (Lipinski definition) is 4. The number of carbonyl (C=O) groups is 1. The first kappa shape index (κ1) is 16.5. The Morgan fingerprint density at radius 1 is 1.36 bits per heavy atom. The van der Waals surface area contributed by atoms with Gasteiger partial charge in [0, 0.05) is 19.7 Å². The quantitative estimate of drug-likeness (QED) is 0.579. The van der Waals surface area contributed by atoms with Crippen molar-refractivity contribution in [3.8, 4) is 0 Å². The van der Waals surface area contributed by atoms with Gasteiger partial charge in [0.1, 0.15) is 12.6 Å². The molecule has 1 unspecified atom stereocenters. The Morgan fingerprint density at radius 2 is 2.18 bits per heavy atom. The summed E-state index contributed by atoms with van der Waals surface area (Å²) in [5.74, 6) is -0.428. The molecule has 0 spiro atoms. The summed E-state index contributed by atoms with van der Waals surface area (Å²) < 4.78 is 23.8. The highest BCUT2D eigenvalue weighted by Gasteiger charge is 2.13. The summed E-state index contributed by atoms with van der Waals surface area (Å²) in [6.45, 7) is 0.000559. The Balaban J connectivity index is 2.11. The number of pyridine rings is 1. The average Bonchev–Trinajstić information content (AvgIpc) is 2.54. The zero-order valence-electron chi connectivity index (χ0n) is 12.0. The molecule has 0 N–H and O–H groups in total. The molecular formula is C16H15ClFNO3. The lowest BCUT2D eigenvalue weighted by atomic mass is 10.1. The lowest BCUT2D eigenvalue weighted by molar-refractivity contribution is -0.128. The van der Waals surface area contributed by atoms with Crippen LogP contribution in [0.25, 0.3) is 0 Å². The Kier molecular flexibility index (Phi) is 6.00. The standard InChI is InChI=1S/C16H15ClFNO3/c1-21-10-22-15(9-20)14-6-5-11(8-19-14)7-12-3-2-4-13(17)16(12)18/h2-6,8-9,15H,7,10H2,1H3. The molecule has 0 amide bonds. The van der Waals surface area contributed by atoms with Gasteiger partial charge in [-0.15, -0.1) is 0 Å². The first-order valence-corrected chi connectivity index (χ1v) is 6.97. The summed E-state index contributed by atoms with van der Waals surface area (Å²) in [6, 6.07) is 8.32. The number of rotatable bonds is 7. The van der Waals surface area contributed by atoms with Gasteiger partial charge < -0.3 is 9.47 Å². The van der Waals surface area contributed by atoms with Gasteiger partial charge in [0.05, 0.1) is 10.7 Å². The summed E-state index contributed by atoms with van der Waals surface area (Å²) in [5, 5.41) is 0.0936. The van der Waals surface area contributed by atoms with Gasteiger partial charge in [-0.1, -0.05) is 29.8 Å². The van der Waals surface area contributed by atoms with E-state index in [1.807, 2.05) is 0 Å². The van der Waals surface area contributed by atoms with E-state index in [4.69, 9.17) is 21.1 Å². The molecule has 2 rings (SSSR count). The highest BCUT2D eigenvalue weighted by atomic mass is 35.5. The summed E-state index contributed by atoms with van der Waals surface area (Å²) in [5.41, 5.74) is 1.77. The number of methoxy groups -OCH3 is 1. The maximum absolute atomic E-state index is 13.9. The number of benzene rings is 1. The van der Waals surface area contributed by atoms with Crippen molar-refractivity contribution in [3.63, 3.8) is 0 Å². The van der Waals surface area contributed by atoms with Crippen molar-refractivity contribution in [1.82, 2.24) is 4.98 Å². The van der Waals surface area contributed by atoms with Gasteiger partial charge >= 0.3 is 0 Å². The molecule has 0 aliphatic rings. The van der Waals surface area contributed by atoms with Crippen LogP contribution in [0.3, 0.4) is 0 Å². The number of hydrogen-bond donors (Lipinski definition) is 0. The molecule has 0 fully saturated rings. The highest BCUT2D eigenvalue weighted by Crippen LogP contribution is 2.21. The maximum atomic E-state index is 13.9. The second kappa shape index (κ2) is 7.98. The minimum absolute atomic E-state index is 0.000559. The summed E-state index contributed by atoms with van der Waals surface area (Å²) in [7, 11) is 1.47. The van der Waals surface area contributed by atoms with Gasteiger partial charge in [-0.05, 0) is 23.3 Å². The van der Waals surface area contributed by atoms with E-state index in [1.54, 1.807) is 30.5 Å². The van der Waals surface area contributed by atoms with E-state index in [0.717, 1.165) is 5.56 Å². The third-order valence-electron chi connectivity index (χ3n) is 3.05. The fourth-order valence-electron chi connectivity index (χ4n) is 1.95. The fraction of sp³-hybridized carbons (Fsp3) is 0.250. The number of ether oxygens (including phenoxy) is 2. The van der Waals surface area contributed by atoms with Gasteiger partial charge in [0.25, 0.3) is 0 Å². The first-order valence-electron chi connectivity index (χ1n) is 6.59. The number of halogens is 2. The maximum Gasteiger partial charge on any atom is 0.157 e. The number of aromatic nitrogens is 1. The van der Waals surface area contributed by atoms with E-state index in [1.165, 1.54) is 13.2 Å². The minimum Gasteiger partial charge on any atom is -0.359 e. The van der Waals surface area contributed by atoms with E-state index >= 15 is 0 Å². The molecule has 1 aromatic heterocycles. The van der Waals surface area contributed by atoms with Gasteiger partial charge in [0.2, 0.25) is 0 Å². The molecule has 0 radical (unpaired) electrons. The minimum atomic E-state index is -0.781. The molecule has 2 aromatic rings. The number of aldehydes is 1. The van der Waals surface area contributed by atoms with Crippen molar-refractivity contribution in [3.05, 3.63) is 64.2 Å². The molecule has 0 saturated carbocycles. The molecule has 22 heavy (non-hydrogen) atoms. The molecule has 1 atom stereocenters. The third kappa shape index (κ3) is 4.10. The van der Waals surface area contributed by atoms with Crippen LogP contribution in [0.2, 0.25) is 5.02 Å². The van der Waals surface area contributed by atoms with Crippen molar-refractivity contribution >= 4 is 17.9 Å². The van der Waals surface area contributed by atoms with Gasteiger partial charge in [-0.2, -0.15) is 0 Å². The summed E-state index contributed by atoms with van der Waals surface area (Å²) >= 11 is 5.76. The Hall–Kier alpha value is -1.82. The monoisotopic (exact) mass is 323 g/mol. The van der Waals surface area contributed by atoms with Crippen LogP contribution >= 0.6 is 11.6 Å². The van der Waals surface area contributed by atoms with Crippen LogP contribution in [0.15, 0.2) is 36.5 Å². The van der Waals surface area contributed by atoms with E-state index in [-0.39, 0.29) is 11.8 Å². The molecule has 0 bridgehead atoms. The second-order valence-corrected chi connectivity index (χ2v) is 5.02. The highest BCUT2D eigenvalue weighted by molar-refractivity contribution is 6.30.